The molecule has 0 saturated carbocycles. The van der Waals surface area contributed by atoms with Crippen molar-refractivity contribution in [1.82, 2.24) is 24.4 Å². The van der Waals surface area contributed by atoms with E-state index in [9.17, 15) is 18.8 Å². The lowest BCUT2D eigenvalue weighted by atomic mass is 10.2. The highest BCUT2D eigenvalue weighted by Crippen LogP contribution is 2.17. The second kappa shape index (κ2) is 8.13. The van der Waals surface area contributed by atoms with Crippen LogP contribution in [0.15, 0.2) is 33.9 Å². The van der Waals surface area contributed by atoms with Gasteiger partial charge >= 0.3 is 5.69 Å². The highest BCUT2D eigenvalue weighted by atomic mass is 19.1. The third kappa shape index (κ3) is 3.98. The lowest BCUT2D eigenvalue weighted by Gasteiger charge is -2.23. The van der Waals surface area contributed by atoms with Gasteiger partial charge in [0, 0.05) is 51.8 Å². The minimum atomic E-state index is -0.531. The van der Waals surface area contributed by atoms with Gasteiger partial charge in [-0.2, -0.15) is 0 Å². The lowest BCUT2D eigenvalue weighted by molar-refractivity contribution is -0.130. The standard InChI is InChI=1S/C20H23FN6O3/c1-25-18-17(19(29)24-20(25)30)22-15(23-18)7-8-16(28)27-10-2-9-26(11-12-27)14-5-3-13(21)4-6-14/h3-6H,2,7-12H2,1H3,(H,22,23)(H,24,29,30). The van der Waals surface area contributed by atoms with Crippen LogP contribution in [0.1, 0.15) is 18.7 Å². The molecule has 0 bridgehead atoms. The molecule has 1 aliphatic rings. The second-order valence-corrected chi connectivity index (χ2v) is 7.40. The zero-order chi connectivity index (χ0) is 21.3. The number of rotatable bonds is 4. The molecule has 0 spiro atoms. The summed E-state index contributed by atoms with van der Waals surface area (Å²) in [5, 5.41) is 0. The van der Waals surface area contributed by atoms with Crippen molar-refractivity contribution >= 4 is 22.8 Å². The number of benzene rings is 1. The molecule has 9 nitrogen and oxygen atoms in total. The Labute approximate surface area is 171 Å². The maximum Gasteiger partial charge on any atom is 0.329 e. The van der Waals surface area contributed by atoms with Crippen LogP contribution in [0.4, 0.5) is 10.1 Å². The molecule has 3 aromatic rings. The predicted molar refractivity (Wildman–Crippen MR) is 110 cm³/mol. The number of H-pyrrole nitrogens is 2. The van der Waals surface area contributed by atoms with E-state index in [0.717, 1.165) is 18.7 Å². The van der Waals surface area contributed by atoms with E-state index < -0.39 is 11.2 Å². The van der Waals surface area contributed by atoms with Gasteiger partial charge in [0.05, 0.1) is 0 Å². The summed E-state index contributed by atoms with van der Waals surface area (Å²) in [7, 11) is 1.53. The molecule has 158 valence electrons. The Bertz CT molecular complexity index is 1180. The van der Waals surface area contributed by atoms with Crippen molar-refractivity contribution in [2.45, 2.75) is 19.3 Å². The number of aromatic amines is 2. The van der Waals surface area contributed by atoms with E-state index in [1.165, 1.54) is 23.7 Å². The number of aryl methyl sites for hydroxylation is 2. The summed E-state index contributed by atoms with van der Waals surface area (Å²) in [5.74, 6) is 0.241. The van der Waals surface area contributed by atoms with Gasteiger partial charge in [-0.15, -0.1) is 0 Å². The van der Waals surface area contributed by atoms with Gasteiger partial charge in [-0.3, -0.25) is 19.1 Å². The van der Waals surface area contributed by atoms with Crippen molar-refractivity contribution in [2.75, 3.05) is 31.1 Å². The summed E-state index contributed by atoms with van der Waals surface area (Å²) < 4.78 is 14.4. The topological polar surface area (TPSA) is 107 Å². The number of aromatic nitrogens is 4. The van der Waals surface area contributed by atoms with Crippen molar-refractivity contribution < 1.29 is 9.18 Å². The maximum atomic E-state index is 13.1. The molecule has 1 amide bonds. The van der Waals surface area contributed by atoms with Gasteiger partial charge in [-0.1, -0.05) is 0 Å². The number of anilines is 1. The first-order chi connectivity index (χ1) is 14.4. The molecule has 2 N–H and O–H groups in total. The third-order valence-corrected chi connectivity index (χ3v) is 5.42. The SMILES string of the molecule is Cn1c(=O)[nH]c(=O)c2[nH]c(CCC(=O)N3CCCN(c4ccc(F)cc4)CC3)nc21. The van der Waals surface area contributed by atoms with Crippen LogP contribution in [0.25, 0.3) is 11.2 Å². The van der Waals surface area contributed by atoms with E-state index >= 15 is 0 Å². The first-order valence-corrected chi connectivity index (χ1v) is 9.88. The Kier molecular flexibility index (Phi) is 5.39. The number of halogens is 1. The molecule has 0 unspecified atom stereocenters. The number of fused-ring (bicyclic) bond motifs is 1. The fourth-order valence-corrected chi connectivity index (χ4v) is 3.73. The van der Waals surface area contributed by atoms with E-state index in [1.807, 2.05) is 4.90 Å². The number of amides is 1. The summed E-state index contributed by atoms with van der Waals surface area (Å²) in [6, 6.07) is 6.39. The Morgan fingerprint density at radius 2 is 1.87 bits per heavy atom. The van der Waals surface area contributed by atoms with Gasteiger partial charge in [0.25, 0.3) is 5.56 Å². The van der Waals surface area contributed by atoms with Gasteiger partial charge in [0.2, 0.25) is 5.91 Å². The van der Waals surface area contributed by atoms with Crippen LogP contribution in [-0.4, -0.2) is 56.5 Å². The monoisotopic (exact) mass is 414 g/mol. The van der Waals surface area contributed by atoms with E-state index in [-0.39, 0.29) is 29.3 Å². The van der Waals surface area contributed by atoms with E-state index in [2.05, 4.69) is 19.9 Å². The molecule has 30 heavy (non-hydrogen) atoms. The van der Waals surface area contributed by atoms with Crippen LogP contribution in [0.3, 0.4) is 0 Å². The molecule has 0 radical (unpaired) electrons. The fourth-order valence-electron chi connectivity index (χ4n) is 3.73. The average Bonchev–Trinajstić information content (AvgIpc) is 3.02. The molecule has 1 saturated heterocycles. The highest BCUT2D eigenvalue weighted by Gasteiger charge is 2.20. The van der Waals surface area contributed by atoms with E-state index in [1.54, 1.807) is 12.1 Å². The summed E-state index contributed by atoms with van der Waals surface area (Å²) in [4.78, 5) is 49.7. The molecule has 3 heterocycles. The minimum absolute atomic E-state index is 0.0132. The average molecular weight is 414 g/mol. The van der Waals surface area contributed by atoms with Gasteiger partial charge in [0.1, 0.15) is 17.2 Å². The first kappa shape index (κ1) is 19.9. The van der Waals surface area contributed by atoms with Crippen molar-refractivity contribution in [3.63, 3.8) is 0 Å². The molecule has 0 atom stereocenters. The second-order valence-electron chi connectivity index (χ2n) is 7.40. The van der Waals surface area contributed by atoms with Crippen LogP contribution in [0, 0.1) is 5.82 Å². The smallest absolute Gasteiger partial charge is 0.329 e. The summed E-state index contributed by atoms with van der Waals surface area (Å²) in [6.45, 7) is 2.73. The Morgan fingerprint density at radius 1 is 1.10 bits per heavy atom. The van der Waals surface area contributed by atoms with Crippen molar-refractivity contribution in [3.05, 3.63) is 56.7 Å². The maximum absolute atomic E-state index is 13.1. The van der Waals surface area contributed by atoms with E-state index in [0.29, 0.717) is 31.9 Å². The van der Waals surface area contributed by atoms with Crippen molar-refractivity contribution in [3.8, 4) is 0 Å². The number of hydrogen-bond donors (Lipinski definition) is 2. The lowest BCUT2D eigenvalue weighted by Crippen LogP contribution is -2.35. The van der Waals surface area contributed by atoms with Gasteiger partial charge in [-0.05, 0) is 30.7 Å². The zero-order valence-electron chi connectivity index (χ0n) is 16.7. The molecular formula is C20H23FN6O3. The van der Waals surface area contributed by atoms with Crippen molar-refractivity contribution in [1.29, 1.82) is 0 Å². The number of imidazole rings is 1. The summed E-state index contributed by atoms with van der Waals surface area (Å²) in [5.41, 5.74) is 0.396. The van der Waals surface area contributed by atoms with E-state index in [4.69, 9.17) is 0 Å². The van der Waals surface area contributed by atoms with Gasteiger partial charge in [0.15, 0.2) is 5.65 Å². The number of nitrogens with one attached hydrogen (secondary N) is 2. The highest BCUT2D eigenvalue weighted by molar-refractivity contribution is 5.77. The van der Waals surface area contributed by atoms with Crippen LogP contribution in [0.2, 0.25) is 0 Å². The molecule has 1 aliphatic heterocycles. The molecule has 1 fully saturated rings. The molecular weight excluding hydrogens is 391 g/mol. The Morgan fingerprint density at radius 3 is 2.63 bits per heavy atom. The number of hydrogen-bond acceptors (Lipinski definition) is 5. The number of nitrogens with zero attached hydrogens (tertiary/aromatic N) is 4. The van der Waals surface area contributed by atoms with Gasteiger partial charge in [-0.25, -0.2) is 14.2 Å². The fraction of sp³-hybridized carbons (Fsp3) is 0.400. The largest absolute Gasteiger partial charge is 0.370 e. The first-order valence-electron chi connectivity index (χ1n) is 9.88. The summed E-state index contributed by atoms with van der Waals surface area (Å²) in [6.07, 6.45) is 1.42. The Hall–Kier alpha value is -3.43. The molecule has 2 aromatic heterocycles. The van der Waals surface area contributed by atoms with Crippen molar-refractivity contribution in [2.24, 2.45) is 7.05 Å². The molecule has 0 aliphatic carbocycles. The molecule has 1 aromatic carbocycles. The van der Waals surface area contributed by atoms with Crippen LogP contribution in [-0.2, 0) is 18.3 Å². The van der Waals surface area contributed by atoms with Crippen LogP contribution < -0.4 is 16.1 Å². The van der Waals surface area contributed by atoms with Crippen LogP contribution >= 0.6 is 0 Å². The van der Waals surface area contributed by atoms with Gasteiger partial charge < -0.3 is 14.8 Å². The molecule has 4 rings (SSSR count). The minimum Gasteiger partial charge on any atom is -0.370 e. The van der Waals surface area contributed by atoms with Crippen LogP contribution in [0.5, 0.6) is 0 Å². The predicted octanol–water partition coefficient (Wildman–Crippen LogP) is 0.760. The Balaban J connectivity index is 1.38. The quantitative estimate of drug-likeness (QED) is 0.656. The molecule has 10 heteroatoms. The third-order valence-electron chi connectivity index (χ3n) is 5.42. The number of carbonyl (C=O) groups excluding carboxylic acids is 1. The normalized spacial score (nSPS) is 14.9. The number of carbonyl (C=O) groups is 1. The summed E-state index contributed by atoms with van der Waals surface area (Å²) >= 11 is 0. The zero-order valence-corrected chi connectivity index (χ0v) is 16.7.